The zero-order chi connectivity index (χ0) is 13.8. The molecule has 0 N–H and O–H groups in total. The highest BCUT2D eigenvalue weighted by Gasteiger charge is 2.25. The molecule has 1 heterocycles. The Balaban J connectivity index is 1.74. The van der Waals surface area contributed by atoms with Crippen LogP contribution in [0, 0.1) is 11.8 Å². The summed E-state index contributed by atoms with van der Waals surface area (Å²) >= 11 is 3.39. The fourth-order valence-electron chi connectivity index (χ4n) is 2.67. The van der Waals surface area contributed by atoms with Crippen LogP contribution in [0.25, 0.3) is 0 Å². The van der Waals surface area contributed by atoms with E-state index in [1.165, 1.54) is 13.1 Å². The molecule has 2 unspecified atom stereocenters. The van der Waals surface area contributed by atoms with Gasteiger partial charge in [0.1, 0.15) is 0 Å². The zero-order valence-electron chi connectivity index (χ0n) is 11.7. The van der Waals surface area contributed by atoms with Crippen LogP contribution in [0.5, 0.6) is 0 Å². The largest absolute Gasteiger partial charge is 0.303 e. The molecule has 2 rings (SSSR count). The molecular weight excluding hydrogens is 302 g/mol. The minimum Gasteiger partial charge on any atom is -0.303 e. The average molecular weight is 324 g/mol. The maximum atomic E-state index is 12.0. The van der Waals surface area contributed by atoms with Crippen molar-refractivity contribution in [3.63, 3.8) is 0 Å². The molecule has 0 aromatic heterocycles. The molecule has 0 spiro atoms. The van der Waals surface area contributed by atoms with Crippen molar-refractivity contribution in [1.29, 1.82) is 0 Å². The number of Topliss-reactive ketones (excluding diaryl/α,β-unsaturated/α-hetero) is 1. The first-order chi connectivity index (χ1) is 9.06. The molecule has 0 saturated carbocycles. The smallest absolute Gasteiger partial charge is 0.162 e. The summed E-state index contributed by atoms with van der Waals surface area (Å²) in [7, 11) is 0. The number of carbonyl (C=O) groups is 1. The Hall–Kier alpha value is -0.670. The maximum absolute atomic E-state index is 12.0. The Morgan fingerprint density at radius 2 is 1.79 bits per heavy atom. The zero-order valence-corrected chi connectivity index (χ0v) is 13.3. The monoisotopic (exact) mass is 323 g/mol. The second-order valence-corrected chi connectivity index (χ2v) is 6.66. The lowest BCUT2D eigenvalue weighted by molar-refractivity contribution is 0.0976. The van der Waals surface area contributed by atoms with Gasteiger partial charge in [0.25, 0.3) is 0 Å². The van der Waals surface area contributed by atoms with E-state index in [1.807, 2.05) is 24.3 Å². The molecule has 104 valence electrons. The van der Waals surface area contributed by atoms with Gasteiger partial charge in [-0.15, -0.1) is 0 Å². The Labute approximate surface area is 124 Å². The number of benzene rings is 1. The second kappa shape index (κ2) is 6.67. The van der Waals surface area contributed by atoms with E-state index in [0.29, 0.717) is 6.42 Å². The highest BCUT2D eigenvalue weighted by Crippen LogP contribution is 2.22. The van der Waals surface area contributed by atoms with E-state index < -0.39 is 0 Å². The highest BCUT2D eigenvalue weighted by molar-refractivity contribution is 9.10. The molecule has 0 radical (unpaired) electrons. The normalized spacial score (nSPS) is 23.7. The SMILES string of the molecule is CC1CN(CCCC(=O)c2ccc(Br)cc2)CC1C. The first-order valence-electron chi connectivity index (χ1n) is 7.07. The van der Waals surface area contributed by atoms with Crippen LogP contribution >= 0.6 is 15.9 Å². The van der Waals surface area contributed by atoms with Gasteiger partial charge >= 0.3 is 0 Å². The van der Waals surface area contributed by atoms with Crippen molar-refractivity contribution in [2.75, 3.05) is 19.6 Å². The van der Waals surface area contributed by atoms with Gasteiger partial charge in [0.05, 0.1) is 0 Å². The topological polar surface area (TPSA) is 20.3 Å². The number of ketones is 1. The molecule has 0 aliphatic carbocycles. The van der Waals surface area contributed by atoms with Crippen molar-refractivity contribution >= 4 is 21.7 Å². The summed E-state index contributed by atoms with van der Waals surface area (Å²) in [6.07, 6.45) is 1.62. The molecule has 0 bridgehead atoms. The lowest BCUT2D eigenvalue weighted by Gasteiger charge is -2.14. The van der Waals surface area contributed by atoms with Gasteiger partial charge in [-0.3, -0.25) is 4.79 Å². The van der Waals surface area contributed by atoms with Crippen LogP contribution in [0.4, 0.5) is 0 Å². The number of nitrogens with zero attached hydrogens (tertiary/aromatic N) is 1. The van der Waals surface area contributed by atoms with Crippen molar-refractivity contribution in [3.05, 3.63) is 34.3 Å². The molecule has 2 nitrogen and oxygen atoms in total. The van der Waals surface area contributed by atoms with Crippen LogP contribution in [-0.4, -0.2) is 30.3 Å². The Bertz CT molecular complexity index is 419. The molecule has 1 aliphatic rings. The lowest BCUT2D eigenvalue weighted by Crippen LogP contribution is -2.22. The molecule has 0 amide bonds. The Morgan fingerprint density at radius 1 is 1.21 bits per heavy atom. The molecule has 1 aromatic rings. The summed E-state index contributed by atoms with van der Waals surface area (Å²) in [5.41, 5.74) is 0.825. The van der Waals surface area contributed by atoms with Crippen molar-refractivity contribution in [2.24, 2.45) is 11.8 Å². The van der Waals surface area contributed by atoms with Crippen LogP contribution in [0.1, 0.15) is 37.0 Å². The van der Waals surface area contributed by atoms with E-state index >= 15 is 0 Å². The summed E-state index contributed by atoms with van der Waals surface area (Å²) in [4.78, 5) is 14.5. The molecule has 19 heavy (non-hydrogen) atoms. The summed E-state index contributed by atoms with van der Waals surface area (Å²) in [6, 6.07) is 7.65. The summed E-state index contributed by atoms with van der Waals surface area (Å²) < 4.78 is 1.02. The van der Waals surface area contributed by atoms with E-state index in [4.69, 9.17) is 0 Å². The number of carbonyl (C=O) groups excluding carboxylic acids is 1. The van der Waals surface area contributed by atoms with Crippen molar-refractivity contribution in [3.8, 4) is 0 Å². The van der Waals surface area contributed by atoms with E-state index in [9.17, 15) is 4.79 Å². The van der Waals surface area contributed by atoms with Crippen LogP contribution in [0.2, 0.25) is 0 Å². The fraction of sp³-hybridized carbons (Fsp3) is 0.562. The molecule has 1 aromatic carbocycles. The summed E-state index contributed by atoms with van der Waals surface area (Å²) in [5, 5.41) is 0. The van der Waals surface area contributed by atoms with Crippen LogP contribution in [-0.2, 0) is 0 Å². The van der Waals surface area contributed by atoms with Gasteiger partial charge in [-0.2, -0.15) is 0 Å². The molecule has 1 saturated heterocycles. The second-order valence-electron chi connectivity index (χ2n) is 5.75. The highest BCUT2D eigenvalue weighted by atomic mass is 79.9. The van der Waals surface area contributed by atoms with Crippen molar-refractivity contribution < 1.29 is 4.79 Å². The van der Waals surface area contributed by atoms with Gasteiger partial charge in [-0.25, -0.2) is 0 Å². The third kappa shape index (κ3) is 4.15. The van der Waals surface area contributed by atoms with E-state index in [0.717, 1.165) is 34.8 Å². The maximum Gasteiger partial charge on any atom is 0.162 e. The predicted octanol–water partition coefficient (Wildman–Crippen LogP) is 4.00. The molecule has 1 fully saturated rings. The lowest BCUT2D eigenvalue weighted by atomic mass is 10.0. The number of hydrogen-bond donors (Lipinski definition) is 0. The first kappa shape index (κ1) is 14.7. The third-order valence-electron chi connectivity index (χ3n) is 4.11. The minimum absolute atomic E-state index is 0.257. The van der Waals surface area contributed by atoms with E-state index in [2.05, 4.69) is 34.7 Å². The van der Waals surface area contributed by atoms with Crippen LogP contribution < -0.4 is 0 Å². The molecule has 2 atom stereocenters. The number of hydrogen-bond acceptors (Lipinski definition) is 2. The molecule has 1 aliphatic heterocycles. The fourth-order valence-corrected chi connectivity index (χ4v) is 2.94. The van der Waals surface area contributed by atoms with Gasteiger partial charge in [0.15, 0.2) is 5.78 Å². The number of likely N-dealkylation sites (tertiary alicyclic amines) is 1. The van der Waals surface area contributed by atoms with Gasteiger partial charge in [-0.1, -0.05) is 41.9 Å². The standard InChI is InChI=1S/C16H22BrNO/c1-12-10-18(11-13(12)2)9-3-4-16(19)14-5-7-15(17)8-6-14/h5-8,12-13H,3-4,9-11H2,1-2H3. The Morgan fingerprint density at radius 3 is 2.37 bits per heavy atom. The van der Waals surface area contributed by atoms with Crippen LogP contribution in [0.3, 0.4) is 0 Å². The summed E-state index contributed by atoms with van der Waals surface area (Å²) in [5.74, 6) is 1.84. The Kier molecular flexibility index (Phi) is 5.17. The van der Waals surface area contributed by atoms with Crippen molar-refractivity contribution in [1.82, 2.24) is 4.90 Å². The third-order valence-corrected chi connectivity index (χ3v) is 4.64. The summed E-state index contributed by atoms with van der Waals surface area (Å²) in [6.45, 7) is 8.06. The molecule has 3 heteroatoms. The minimum atomic E-state index is 0.257. The van der Waals surface area contributed by atoms with Gasteiger partial charge in [0, 0.05) is 29.5 Å². The van der Waals surface area contributed by atoms with E-state index in [-0.39, 0.29) is 5.78 Å². The first-order valence-corrected chi connectivity index (χ1v) is 7.86. The number of halogens is 1. The van der Waals surface area contributed by atoms with Crippen molar-refractivity contribution in [2.45, 2.75) is 26.7 Å². The van der Waals surface area contributed by atoms with E-state index in [1.54, 1.807) is 0 Å². The van der Waals surface area contributed by atoms with Gasteiger partial charge < -0.3 is 4.90 Å². The van der Waals surface area contributed by atoms with Crippen LogP contribution in [0.15, 0.2) is 28.7 Å². The quantitative estimate of drug-likeness (QED) is 0.763. The average Bonchev–Trinajstić information content (AvgIpc) is 2.69. The van der Waals surface area contributed by atoms with Gasteiger partial charge in [-0.05, 0) is 36.9 Å². The molecular formula is C16H22BrNO. The predicted molar refractivity (Wildman–Crippen MR) is 82.5 cm³/mol. The number of rotatable bonds is 5. The van der Waals surface area contributed by atoms with Gasteiger partial charge in [0.2, 0.25) is 0 Å².